The summed E-state index contributed by atoms with van der Waals surface area (Å²) >= 11 is 0. The number of carboxylic acids is 1. The Kier molecular flexibility index (Phi) is 6.91. The van der Waals surface area contributed by atoms with Gasteiger partial charge in [-0.15, -0.1) is 0 Å². The largest absolute Gasteiger partial charge is 0.492 e. The molecule has 0 bridgehead atoms. The van der Waals surface area contributed by atoms with Crippen molar-refractivity contribution in [2.75, 3.05) is 32.9 Å². The third-order valence-corrected chi connectivity index (χ3v) is 7.46. The number of rotatable bonds is 8. The Morgan fingerprint density at radius 2 is 1.84 bits per heavy atom. The van der Waals surface area contributed by atoms with E-state index in [1.54, 1.807) is 18.2 Å². The molecule has 8 heteroatoms. The number of fused-ring (bicyclic) bond motifs is 2. The molecule has 3 aromatic rings. The number of hydrogen-bond donors (Lipinski definition) is 1. The van der Waals surface area contributed by atoms with Crippen LogP contribution in [-0.4, -0.2) is 48.9 Å². The number of benzene rings is 3. The molecule has 1 N–H and O–H groups in total. The Morgan fingerprint density at radius 1 is 1.05 bits per heavy atom. The van der Waals surface area contributed by atoms with E-state index >= 15 is 4.39 Å². The van der Waals surface area contributed by atoms with E-state index in [9.17, 15) is 4.79 Å². The summed E-state index contributed by atoms with van der Waals surface area (Å²) in [6.07, 6.45) is 0.849. The number of hydrogen-bond acceptors (Lipinski definition) is 6. The van der Waals surface area contributed by atoms with Crippen LogP contribution < -0.4 is 14.2 Å². The topological polar surface area (TPSA) is 77.5 Å². The fourth-order valence-corrected chi connectivity index (χ4v) is 5.54. The molecule has 2 aliphatic heterocycles. The van der Waals surface area contributed by atoms with E-state index in [1.165, 1.54) is 11.6 Å². The normalized spacial score (nSPS) is 20.4. The summed E-state index contributed by atoms with van der Waals surface area (Å²) in [7, 11) is 0. The lowest BCUT2D eigenvalue weighted by Gasteiger charge is -2.26. The molecule has 1 fully saturated rings. The molecule has 0 radical (unpaired) electrons. The van der Waals surface area contributed by atoms with Crippen LogP contribution in [0.5, 0.6) is 23.0 Å². The molecule has 6 rings (SSSR count). The molecule has 0 amide bonds. The summed E-state index contributed by atoms with van der Waals surface area (Å²) in [4.78, 5) is 13.5. The number of carbonyl (C=O) groups is 1. The van der Waals surface area contributed by atoms with Crippen LogP contribution in [0.15, 0.2) is 54.6 Å². The third kappa shape index (κ3) is 5.19. The third-order valence-electron chi connectivity index (χ3n) is 7.46. The highest BCUT2D eigenvalue weighted by atomic mass is 19.1. The van der Waals surface area contributed by atoms with Gasteiger partial charge in [0.2, 0.25) is 0 Å². The molecule has 1 unspecified atom stereocenters. The van der Waals surface area contributed by atoms with Gasteiger partial charge in [-0.3, -0.25) is 9.69 Å². The molecule has 3 aliphatic rings. The lowest BCUT2D eigenvalue weighted by molar-refractivity contribution is -0.137. The molecule has 2 atom stereocenters. The van der Waals surface area contributed by atoms with Gasteiger partial charge in [-0.25, -0.2) is 4.39 Å². The number of ether oxygens (including phenoxy) is 4. The first-order valence-electron chi connectivity index (χ1n) is 13.1. The predicted octanol–water partition coefficient (Wildman–Crippen LogP) is 5.47. The Morgan fingerprint density at radius 3 is 2.63 bits per heavy atom. The first kappa shape index (κ1) is 24.7. The molecule has 0 aromatic heterocycles. The van der Waals surface area contributed by atoms with Crippen LogP contribution in [0.4, 0.5) is 4.39 Å². The van der Waals surface area contributed by atoms with Gasteiger partial charge in [0.05, 0.1) is 26.2 Å². The van der Waals surface area contributed by atoms with E-state index in [2.05, 4.69) is 17.0 Å². The van der Waals surface area contributed by atoms with E-state index < -0.39 is 12.1 Å². The van der Waals surface area contributed by atoms with Crippen LogP contribution >= 0.6 is 0 Å². The maximum absolute atomic E-state index is 15.0. The second kappa shape index (κ2) is 10.6. The monoisotopic (exact) mass is 519 g/mol. The number of nitrogens with zero attached hydrogens (tertiary/aromatic N) is 1. The van der Waals surface area contributed by atoms with E-state index in [0.29, 0.717) is 48.0 Å². The Balaban J connectivity index is 1.15. The lowest BCUT2D eigenvalue weighted by Crippen LogP contribution is -2.35. The Labute approximate surface area is 220 Å². The van der Waals surface area contributed by atoms with Crippen molar-refractivity contribution >= 4 is 5.97 Å². The minimum absolute atomic E-state index is 0.0216. The molecule has 38 heavy (non-hydrogen) atoms. The Bertz CT molecular complexity index is 1320. The summed E-state index contributed by atoms with van der Waals surface area (Å²) in [5.74, 6) is 1.21. The zero-order valence-corrected chi connectivity index (χ0v) is 21.0. The maximum Gasteiger partial charge on any atom is 0.304 e. The fraction of sp³-hybridized carbons (Fsp3) is 0.367. The molecule has 2 heterocycles. The summed E-state index contributed by atoms with van der Waals surface area (Å²) in [6.45, 7) is 4.63. The van der Waals surface area contributed by atoms with Crippen LogP contribution in [0.25, 0.3) is 0 Å². The zero-order chi connectivity index (χ0) is 26.1. The molecular formula is C30H30FNO6. The quantitative estimate of drug-likeness (QED) is 0.423. The van der Waals surface area contributed by atoms with Gasteiger partial charge < -0.3 is 24.1 Å². The summed E-state index contributed by atoms with van der Waals surface area (Å²) < 4.78 is 38.5. The van der Waals surface area contributed by atoms with Gasteiger partial charge in [-0.1, -0.05) is 18.2 Å². The summed E-state index contributed by atoms with van der Waals surface area (Å²) in [6, 6.07) is 16.6. The van der Waals surface area contributed by atoms with Gasteiger partial charge in [-0.05, 0) is 48.7 Å². The minimum atomic E-state index is -0.855. The summed E-state index contributed by atoms with van der Waals surface area (Å²) in [5, 5.41) is 9.12. The highest BCUT2D eigenvalue weighted by Gasteiger charge is 2.32. The zero-order valence-electron chi connectivity index (χ0n) is 21.0. The molecule has 198 valence electrons. The summed E-state index contributed by atoms with van der Waals surface area (Å²) in [5.41, 5.74) is 3.43. The first-order chi connectivity index (χ1) is 18.5. The van der Waals surface area contributed by atoms with Gasteiger partial charge in [0, 0.05) is 48.3 Å². The fourth-order valence-electron chi connectivity index (χ4n) is 5.54. The number of morpholine rings is 1. The van der Waals surface area contributed by atoms with Crippen LogP contribution in [-0.2, 0) is 22.5 Å². The molecule has 7 nitrogen and oxygen atoms in total. The standard InChI is InChI=1S/C30H30FNO6/c31-25-8-10-26(37-21-3-1-19(2-4-21)17-32-11-13-35-14-12-32)24-7-9-27(30(24)25)38-22-5-6-23-20(15-29(33)34)18-36-28(23)16-22/h1-6,8,10,16,20,27H,7,9,11-15,17-18H2,(H,33,34)/t20?,27-/m1/s1. The smallest absolute Gasteiger partial charge is 0.304 e. The highest BCUT2D eigenvalue weighted by Crippen LogP contribution is 2.44. The van der Waals surface area contributed by atoms with Crippen molar-refractivity contribution in [1.82, 2.24) is 4.90 Å². The molecule has 0 saturated carbocycles. The van der Waals surface area contributed by atoms with Crippen molar-refractivity contribution in [2.24, 2.45) is 0 Å². The highest BCUT2D eigenvalue weighted by molar-refractivity contribution is 5.68. The van der Waals surface area contributed by atoms with Crippen molar-refractivity contribution in [3.05, 3.63) is 82.7 Å². The molecule has 0 spiro atoms. The Hall–Kier alpha value is -3.62. The van der Waals surface area contributed by atoms with Gasteiger partial charge in [-0.2, -0.15) is 0 Å². The molecule has 1 aliphatic carbocycles. The van der Waals surface area contributed by atoms with E-state index in [-0.39, 0.29) is 18.2 Å². The maximum atomic E-state index is 15.0. The van der Waals surface area contributed by atoms with Crippen molar-refractivity contribution in [2.45, 2.75) is 37.8 Å². The van der Waals surface area contributed by atoms with E-state index in [0.717, 1.165) is 44.0 Å². The van der Waals surface area contributed by atoms with Gasteiger partial charge in [0.15, 0.2) is 0 Å². The van der Waals surface area contributed by atoms with Gasteiger partial charge in [0.25, 0.3) is 0 Å². The lowest BCUT2D eigenvalue weighted by atomic mass is 9.98. The van der Waals surface area contributed by atoms with E-state index in [1.807, 2.05) is 18.2 Å². The number of carboxylic acid groups (broad SMARTS) is 1. The molecular weight excluding hydrogens is 489 g/mol. The number of aliphatic carboxylic acids is 1. The van der Waals surface area contributed by atoms with Crippen molar-refractivity contribution < 1.29 is 33.2 Å². The number of halogens is 1. The van der Waals surface area contributed by atoms with Gasteiger partial charge >= 0.3 is 5.97 Å². The first-order valence-corrected chi connectivity index (χ1v) is 13.1. The second-order valence-electron chi connectivity index (χ2n) is 10.0. The van der Waals surface area contributed by atoms with Crippen molar-refractivity contribution in [3.8, 4) is 23.0 Å². The van der Waals surface area contributed by atoms with Crippen LogP contribution in [0, 0.1) is 5.82 Å². The van der Waals surface area contributed by atoms with Crippen LogP contribution in [0.1, 0.15) is 47.1 Å². The molecule has 1 saturated heterocycles. The van der Waals surface area contributed by atoms with Crippen molar-refractivity contribution in [3.63, 3.8) is 0 Å². The predicted molar refractivity (Wildman–Crippen MR) is 138 cm³/mol. The van der Waals surface area contributed by atoms with Crippen molar-refractivity contribution in [1.29, 1.82) is 0 Å². The SMILES string of the molecule is O=C(O)CC1COc2cc(O[C@@H]3CCc4c(Oc5ccc(CN6CCOCC6)cc5)ccc(F)c43)ccc21. The second-order valence-corrected chi connectivity index (χ2v) is 10.0. The molecule has 3 aromatic carbocycles. The van der Waals surface area contributed by atoms with Gasteiger partial charge in [0.1, 0.15) is 34.9 Å². The minimum Gasteiger partial charge on any atom is -0.492 e. The van der Waals surface area contributed by atoms with Crippen LogP contribution in [0.3, 0.4) is 0 Å². The van der Waals surface area contributed by atoms with Crippen LogP contribution in [0.2, 0.25) is 0 Å². The average molecular weight is 520 g/mol. The van der Waals surface area contributed by atoms with E-state index in [4.69, 9.17) is 24.1 Å². The average Bonchev–Trinajstić information content (AvgIpc) is 3.52.